The van der Waals surface area contributed by atoms with Crippen molar-refractivity contribution in [1.82, 2.24) is 24.8 Å². The number of hydrogen-bond acceptors (Lipinski definition) is 6. The predicted molar refractivity (Wildman–Crippen MR) is 126 cm³/mol. The van der Waals surface area contributed by atoms with Crippen molar-refractivity contribution < 1.29 is 9.53 Å². The van der Waals surface area contributed by atoms with Gasteiger partial charge in [0.1, 0.15) is 18.1 Å². The van der Waals surface area contributed by atoms with E-state index in [1.54, 1.807) is 12.4 Å². The van der Waals surface area contributed by atoms with Gasteiger partial charge in [-0.15, -0.1) is 0 Å². The van der Waals surface area contributed by atoms with Crippen molar-refractivity contribution in [2.75, 3.05) is 32.8 Å². The first kappa shape index (κ1) is 21.5. The Morgan fingerprint density at radius 1 is 0.939 bits per heavy atom. The number of rotatable bonds is 7. The SMILES string of the molecule is O=C(c1ccc(OCCN2CCCC2)cc1)N1CCCC1c1ccnc(-c2ccccn2)n1. The van der Waals surface area contributed by atoms with Crippen molar-refractivity contribution in [3.8, 4) is 17.3 Å². The zero-order valence-electron chi connectivity index (χ0n) is 18.8. The smallest absolute Gasteiger partial charge is 0.254 e. The largest absolute Gasteiger partial charge is 0.492 e. The van der Waals surface area contributed by atoms with Crippen LogP contribution in [-0.2, 0) is 0 Å². The highest BCUT2D eigenvalue weighted by atomic mass is 16.5. The van der Waals surface area contributed by atoms with Crippen molar-refractivity contribution in [2.45, 2.75) is 31.7 Å². The van der Waals surface area contributed by atoms with E-state index in [0.29, 0.717) is 18.0 Å². The molecule has 2 saturated heterocycles. The third-order valence-corrected chi connectivity index (χ3v) is 6.40. The lowest BCUT2D eigenvalue weighted by molar-refractivity contribution is 0.0733. The quantitative estimate of drug-likeness (QED) is 0.550. The number of pyridine rings is 1. The van der Waals surface area contributed by atoms with Gasteiger partial charge < -0.3 is 9.64 Å². The first-order valence-corrected chi connectivity index (χ1v) is 11.8. The third-order valence-electron chi connectivity index (χ3n) is 6.40. The number of amides is 1. The normalized spacial score (nSPS) is 18.5. The first-order valence-electron chi connectivity index (χ1n) is 11.8. The molecule has 0 radical (unpaired) electrons. The third kappa shape index (κ3) is 5.03. The van der Waals surface area contributed by atoms with E-state index in [2.05, 4.69) is 14.9 Å². The van der Waals surface area contributed by atoms with Gasteiger partial charge in [0, 0.05) is 31.0 Å². The minimum atomic E-state index is -0.0562. The Hall–Kier alpha value is -3.32. The van der Waals surface area contributed by atoms with Crippen molar-refractivity contribution >= 4 is 5.91 Å². The standard InChI is InChI=1S/C26H29N5O2/c32-26(20-8-10-21(11-9-20)33-19-18-30-15-3-4-16-30)31-17-5-7-24(31)22-12-14-28-25(29-22)23-6-1-2-13-27-23/h1-2,6,8-14,24H,3-5,7,15-19H2. The van der Waals surface area contributed by atoms with Crippen LogP contribution in [0.15, 0.2) is 60.9 Å². The molecule has 0 bridgehead atoms. The summed E-state index contributed by atoms with van der Waals surface area (Å²) in [5, 5.41) is 0. The molecular formula is C26H29N5O2. The van der Waals surface area contributed by atoms with Crippen LogP contribution in [0.5, 0.6) is 5.75 Å². The van der Waals surface area contributed by atoms with Gasteiger partial charge in [-0.3, -0.25) is 14.7 Å². The average Bonchev–Trinajstić information content (AvgIpc) is 3.57. The van der Waals surface area contributed by atoms with Crippen molar-refractivity contribution in [3.63, 3.8) is 0 Å². The zero-order valence-corrected chi connectivity index (χ0v) is 18.8. The number of aromatic nitrogens is 3. The predicted octanol–water partition coefficient (Wildman–Crippen LogP) is 3.99. The molecule has 2 aliphatic rings. The van der Waals surface area contributed by atoms with Crippen LogP contribution in [0, 0.1) is 0 Å². The molecule has 33 heavy (non-hydrogen) atoms. The van der Waals surface area contributed by atoms with Gasteiger partial charge >= 0.3 is 0 Å². The number of likely N-dealkylation sites (tertiary alicyclic amines) is 2. The number of hydrogen-bond donors (Lipinski definition) is 0. The fourth-order valence-corrected chi connectivity index (χ4v) is 4.65. The van der Waals surface area contributed by atoms with Gasteiger partial charge in [-0.25, -0.2) is 9.97 Å². The Morgan fingerprint density at radius 3 is 2.58 bits per heavy atom. The molecule has 1 amide bonds. The van der Waals surface area contributed by atoms with E-state index in [4.69, 9.17) is 9.72 Å². The van der Waals surface area contributed by atoms with Crippen LogP contribution in [0.3, 0.4) is 0 Å². The molecule has 7 heteroatoms. The molecule has 3 aromatic rings. The summed E-state index contributed by atoms with van der Waals surface area (Å²) in [6.45, 7) is 4.69. The molecule has 170 valence electrons. The molecule has 0 saturated carbocycles. The summed E-state index contributed by atoms with van der Waals surface area (Å²) in [4.78, 5) is 31.1. The van der Waals surface area contributed by atoms with Gasteiger partial charge in [0.2, 0.25) is 0 Å². The molecule has 5 rings (SSSR count). The lowest BCUT2D eigenvalue weighted by atomic mass is 10.1. The molecular weight excluding hydrogens is 414 g/mol. The summed E-state index contributed by atoms with van der Waals surface area (Å²) in [5.74, 6) is 1.42. The topological polar surface area (TPSA) is 71.5 Å². The second-order valence-electron chi connectivity index (χ2n) is 8.60. The Morgan fingerprint density at radius 2 is 1.79 bits per heavy atom. The van der Waals surface area contributed by atoms with E-state index in [-0.39, 0.29) is 11.9 Å². The molecule has 2 aliphatic heterocycles. The summed E-state index contributed by atoms with van der Waals surface area (Å²) in [6, 6.07) is 15.0. The summed E-state index contributed by atoms with van der Waals surface area (Å²) >= 11 is 0. The highest BCUT2D eigenvalue weighted by Gasteiger charge is 2.32. The van der Waals surface area contributed by atoms with Crippen LogP contribution >= 0.6 is 0 Å². The summed E-state index contributed by atoms with van der Waals surface area (Å²) in [6.07, 6.45) is 7.90. The maximum atomic E-state index is 13.3. The second-order valence-corrected chi connectivity index (χ2v) is 8.60. The lowest BCUT2D eigenvalue weighted by Crippen LogP contribution is -2.31. The minimum absolute atomic E-state index is 0.0270. The monoisotopic (exact) mass is 443 g/mol. The number of ether oxygens (including phenoxy) is 1. The van der Waals surface area contributed by atoms with Crippen LogP contribution in [0.2, 0.25) is 0 Å². The fraction of sp³-hybridized carbons (Fsp3) is 0.385. The summed E-state index contributed by atoms with van der Waals surface area (Å²) in [7, 11) is 0. The Labute approximate surface area is 194 Å². The molecule has 0 aliphatic carbocycles. The van der Waals surface area contributed by atoms with Gasteiger partial charge in [-0.1, -0.05) is 6.07 Å². The molecule has 4 heterocycles. The second kappa shape index (κ2) is 10.1. The fourth-order valence-electron chi connectivity index (χ4n) is 4.65. The van der Waals surface area contributed by atoms with Crippen molar-refractivity contribution in [1.29, 1.82) is 0 Å². The van der Waals surface area contributed by atoms with Crippen molar-refractivity contribution in [2.24, 2.45) is 0 Å². The number of carbonyl (C=O) groups excluding carboxylic acids is 1. The van der Waals surface area contributed by atoms with Gasteiger partial charge in [-0.05, 0) is 81.2 Å². The van der Waals surface area contributed by atoms with E-state index in [9.17, 15) is 4.79 Å². The van der Waals surface area contributed by atoms with Gasteiger partial charge in [0.25, 0.3) is 5.91 Å². The molecule has 2 aromatic heterocycles. The maximum absolute atomic E-state index is 13.3. The molecule has 1 atom stereocenters. The lowest BCUT2D eigenvalue weighted by Gasteiger charge is -2.24. The van der Waals surface area contributed by atoms with E-state index in [1.807, 2.05) is 53.4 Å². The highest BCUT2D eigenvalue weighted by molar-refractivity contribution is 5.94. The zero-order chi connectivity index (χ0) is 22.5. The van der Waals surface area contributed by atoms with Crippen LogP contribution in [0.4, 0.5) is 0 Å². The Bertz CT molecular complexity index is 1070. The molecule has 2 fully saturated rings. The molecule has 1 unspecified atom stereocenters. The van der Waals surface area contributed by atoms with E-state index in [1.165, 1.54) is 25.9 Å². The van der Waals surface area contributed by atoms with Crippen molar-refractivity contribution in [3.05, 3.63) is 72.2 Å². The Kier molecular flexibility index (Phi) is 6.58. The van der Waals surface area contributed by atoms with E-state index < -0.39 is 0 Å². The number of carbonyl (C=O) groups is 1. The molecule has 7 nitrogen and oxygen atoms in total. The van der Waals surface area contributed by atoms with E-state index >= 15 is 0 Å². The summed E-state index contributed by atoms with van der Waals surface area (Å²) in [5.41, 5.74) is 2.27. The molecule has 1 aromatic carbocycles. The number of benzene rings is 1. The van der Waals surface area contributed by atoms with Crippen LogP contribution in [-0.4, -0.2) is 63.4 Å². The maximum Gasteiger partial charge on any atom is 0.254 e. The first-order chi connectivity index (χ1) is 16.3. The highest BCUT2D eigenvalue weighted by Crippen LogP contribution is 2.33. The van der Waals surface area contributed by atoms with Gasteiger partial charge in [-0.2, -0.15) is 0 Å². The summed E-state index contributed by atoms with van der Waals surface area (Å²) < 4.78 is 5.88. The van der Waals surface area contributed by atoms with Crippen LogP contribution in [0.25, 0.3) is 11.5 Å². The van der Waals surface area contributed by atoms with Gasteiger partial charge in [0.05, 0.1) is 11.7 Å². The van der Waals surface area contributed by atoms with Crippen LogP contribution in [0.1, 0.15) is 47.8 Å². The Balaban J connectivity index is 1.24. The average molecular weight is 444 g/mol. The van der Waals surface area contributed by atoms with Gasteiger partial charge in [0.15, 0.2) is 5.82 Å². The minimum Gasteiger partial charge on any atom is -0.492 e. The molecule has 0 N–H and O–H groups in total. The van der Waals surface area contributed by atoms with Crippen LogP contribution < -0.4 is 4.74 Å². The molecule has 0 spiro atoms. The number of nitrogens with zero attached hydrogens (tertiary/aromatic N) is 5. The van der Waals surface area contributed by atoms with E-state index in [0.717, 1.165) is 43.1 Å².